The maximum absolute atomic E-state index is 11.7. The third kappa shape index (κ3) is 3.89. The second-order valence-electron chi connectivity index (χ2n) is 8.47. The van der Waals surface area contributed by atoms with Crippen molar-refractivity contribution in [3.63, 3.8) is 0 Å². The Hall–Kier alpha value is -4.51. The molecule has 0 atom stereocenters. The minimum atomic E-state index is -3.21. The molecule has 6 aromatic rings. The fourth-order valence-electron chi connectivity index (χ4n) is 4.12. The normalized spacial score (nSPS) is 12.0. The van der Waals surface area contributed by atoms with E-state index in [-0.39, 0.29) is 5.95 Å². The molecular weight excluding hydrogens is 478 g/mol. The molecule has 0 spiro atoms. The lowest BCUT2D eigenvalue weighted by atomic mass is 10.0. The molecule has 0 aliphatic heterocycles. The number of furan rings is 1. The summed E-state index contributed by atoms with van der Waals surface area (Å²) < 4.78 is 32.1. The molecule has 0 aliphatic carbocycles. The summed E-state index contributed by atoms with van der Waals surface area (Å²) in [4.78, 5) is 9.41. The van der Waals surface area contributed by atoms with Crippen LogP contribution in [0.1, 0.15) is 5.56 Å². The Bertz CT molecular complexity index is 1800. The second-order valence-corrected chi connectivity index (χ2v) is 10.5. The summed E-state index contributed by atoms with van der Waals surface area (Å²) in [5.74, 6) is 1.20. The molecule has 0 unspecified atom stereocenters. The van der Waals surface area contributed by atoms with Crippen molar-refractivity contribution >= 4 is 32.5 Å². The Morgan fingerprint density at radius 1 is 0.944 bits per heavy atom. The van der Waals surface area contributed by atoms with Crippen molar-refractivity contribution in [2.75, 3.05) is 12.0 Å². The monoisotopic (exact) mass is 499 g/mol. The summed E-state index contributed by atoms with van der Waals surface area (Å²) in [6.07, 6.45) is 5.23. The second kappa shape index (κ2) is 8.31. The molecule has 10 nitrogen and oxygen atoms in total. The minimum absolute atomic E-state index is 0.218. The molecule has 6 rings (SSSR count). The van der Waals surface area contributed by atoms with Crippen molar-refractivity contribution in [3.05, 3.63) is 78.7 Å². The first-order valence-corrected chi connectivity index (χ1v) is 13.1. The Balaban J connectivity index is 1.23. The lowest BCUT2D eigenvalue weighted by Crippen LogP contribution is -2.07. The molecule has 0 radical (unpaired) electrons. The highest BCUT2D eigenvalue weighted by molar-refractivity contribution is 7.90. The molecule has 0 aliphatic rings. The predicted octanol–water partition coefficient (Wildman–Crippen LogP) is 3.63. The molecule has 0 saturated carbocycles. The van der Waals surface area contributed by atoms with Crippen LogP contribution in [-0.2, 0) is 22.8 Å². The number of rotatable bonds is 6. The number of sulfone groups is 1. The summed E-state index contributed by atoms with van der Waals surface area (Å²) in [7, 11) is -3.21. The van der Waals surface area contributed by atoms with Crippen LogP contribution in [0.3, 0.4) is 0 Å². The predicted molar refractivity (Wildman–Crippen MR) is 135 cm³/mol. The maximum atomic E-state index is 11.7. The SMILES string of the molecule is CS(=O)(=O)c1ccc(-c2ccc(CCn3ncc4c3nc(N)n3nc(-c5ccco5)nc43)cc2)cc1. The van der Waals surface area contributed by atoms with Gasteiger partial charge in [0.1, 0.15) is 0 Å². The van der Waals surface area contributed by atoms with Crippen molar-refractivity contribution in [2.24, 2.45) is 0 Å². The van der Waals surface area contributed by atoms with Crippen LogP contribution in [0.25, 0.3) is 39.4 Å². The van der Waals surface area contributed by atoms with E-state index < -0.39 is 9.84 Å². The highest BCUT2D eigenvalue weighted by Crippen LogP contribution is 2.25. The van der Waals surface area contributed by atoms with Crippen molar-refractivity contribution in [2.45, 2.75) is 17.9 Å². The highest BCUT2D eigenvalue weighted by Gasteiger charge is 2.17. The van der Waals surface area contributed by atoms with Gasteiger partial charge in [0, 0.05) is 12.8 Å². The van der Waals surface area contributed by atoms with Crippen LogP contribution < -0.4 is 5.73 Å². The Labute approximate surface area is 205 Å². The number of nitrogen functional groups attached to an aromatic ring is 1. The zero-order valence-electron chi connectivity index (χ0n) is 19.2. The van der Waals surface area contributed by atoms with Gasteiger partial charge in [-0.3, -0.25) is 0 Å². The molecule has 36 heavy (non-hydrogen) atoms. The standard InChI is InChI=1S/C25H21N7O3S/c1-36(33,34)19-10-8-18(9-11-19)17-6-4-16(5-7-17)12-13-31-23-20(15-27-31)24-28-22(21-3-2-14-35-21)30-32(24)25(26)29-23/h2-11,14-15H,12-13H2,1H3,(H2,26,29). The van der Waals surface area contributed by atoms with Crippen LogP contribution in [0.5, 0.6) is 0 Å². The van der Waals surface area contributed by atoms with Gasteiger partial charge in [-0.2, -0.15) is 14.6 Å². The van der Waals surface area contributed by atoms with Gasteiger partial charge in [0.05, 0.1) is 22.7 Å². The number of nitrogens with two attached hydrogens (primary N) is 1. The number of aryl methyl sites for hydroxylation is 2. The van der Waals surface area contributed by atoms with Crippen LogP contribution in [0.2, 0.25) is 0 Å². The van der Waals surface area contributed by atoms with Crippen LogP contribution in [-0.4, -0.2) is 44.0 Å². The summed E-state index contributed by atoms with van der Waals surface area (Å²) in [6, 6.07) is 18.6. The molecular formula is C25H21N7O3S. The molecule has 0 amide bonds. The molecule has 4 aromatic heterocycles. The average Bonchev–Trinajstić information content (AvgIpc) is 3.62. The van der Waals surface area contributed by atoms with Gasteiger partial charge in [0.2, 0.25) is 11.8 Å². The van der Waals surface area contributed by atoms with Gasteiger partial charge < -0.3 is 10.2 Å². The van der Waals surface area contributed by atoms with Crippen molar-refractivity contribution in [3.8, 4) is 22.7 Å². The molecule has 0 fully saturated rings. The van der Waals surface area contributed by atoms with E-state index in [2.05, 4.69) is 32.3 Å². The lowest BCUT2D eigenvalue weighted by Gasteiger charge is -2.07. The molecule has 0 bridgehead atoms. The van der Waals surface area contributed by atoms with Gasteiger partial charge in [-0.1, -0.05) is 36.4 Å². The number of fused-ring (bicyclic) bond motifs is 3. The van der Waals surface area contributed by atoms with Crippen LogP contribution >= 0.6 is 0 Å². The van der Waals surface area contributed by atoms with E-state index in [1.807, 2.05) is 28.9 Å². The first kappa shape index (κ1) is 22.0. The third-order valence-corrected chi connectivity index (χ3v) is 7.15. The molecule has 0 saturated heterocycles. The fourth-order valence-corrected chi connectivity index (χ4v) is 4.75. The zero-order chi connectivity index (χ0) is 24.9. The van der Waals surface area contributed by atoms with Gasteiger partial charge in [-0.15, -0.1) is 5.10 Å². The average molecular weight is 500 g/mol. The first-order chi connectivity index (χ1) is 17.4. The van der Waals surface area contributed by atoms with Crippen molar-refractivity contribution in [1.29, 1.82) is 0 Å². The number of hydrogen-bond acceptors (Lipinski definition) is 8. The number of anilines is 1. The number of hydrogen-bond donors (Lipinski definition) is 1. The van der Waals surface area contributed by atoms with Gasteiger partial charge in [-0.25, -0.2) is 18.1 Å². The smallest absolute Gasteiger partial charge is 0.225 e. The van der Waals surface area contributed by atoms with E-state index in [0.717, 1.165) is 28.5 Å². The molecule has 4 heterocycles. The van der Waals surface area contributed by atoms with E-state index in [0.29, 0.717) is 34.3 Å². The number of benzene rings is 2. The topological polar surface area (TPSA) is 134 Å². The fraction of sp³-hybridized carbons (Fsp3) is 0.120. The molecule has 2 N–H and O–H groups in total. The largest absolute Gasteiger partial charge is 0.461 e. The molecule has 180 valence electrons. The summed E-state index contributed by atoms with van der Waals surface area (Å²) >= 11 is 0. The van der Waals surface area contributed by atoms with E-state index in [4.69, 9.17) is 10.2 Å². The lowest BCUT2D eigenvalue weighted by molar-refractivity contribution is 0.577. The maximum Gasteiger partial charge on any atom is 0.225 e. The Kier molecular flexibility index (Phi) is 5.07. The number of nitrogens with zero attached hydrogens (tertiary/aromatic N) is 6. The van der Waals surface area contributed by atoms with E-state index >= 15 is 0 Å². The molecule has 2 aromatic carbocycles. The van der Waals surface area contributed by atoms with E-state index in [1.54, 1.807) is 36.7 Å². The van der Waals surface area contributed by atoms with E-state index in [9.17, 15) is 8.42 Å². The van der Waals surface area contributed by atoms with Gasteiger partial charge >= 0.3 is 0 Å². The highest BCUT2D eigenvalue weighted by atomic mass is 32.2. The molecule has 11 heteroatoms. The van der Waals surface area contributed by atoms with Crippen LogP contribution in [0.4, 0.5) is 5.95 Å². The summed E-state index contributed by atoms with van der Waals surface area (Å²) in [6.45, 7) is 0.605. The van der Waals surface area contributed by atoms with E-state index in [1.165, 1.54) is 10.8 Å². The van der Waals surface area contributed by atoms with Gasteiger partial charge in [0.25, 0.3) is 0 Å². The third-order valence-electron chi connectivity index (χ3n) is 6.02. The first-order valence-electron chi connectivity index (χ1n) is 11.2. The summed E-state index contributed by atoms with van der Waals surface area (Å²) in [5, 5.41) is 9.68. The van der Waals surface area contributed by atoms with Crippen LogP contribution in [0, 0.1) is 0 Å². The minimum Gasteiger partial charge on any atom is -0.461 e. The Morgan fingerprint density at radius 2 is 1.67 bits per heavy atom. The number of aromatic nitrogens is 6. The quantitative estimate of drug-likeness (QED) is 0.367. The van der Waals surface area contributed by atoms with Gasteiger partial charge in [-0.05, 0) is 47.4 Å². The summed E-state index contributed by atoms with van der Waals surface area (Å²) in [5.41, 5.74) is 10.5. The Morgan fingerprint density at radius 3 is 2.33 bits per heavy atom. The van der Waals surface area contributed by atoms with Crippen molar-refractivity contribution in [1.82, 2.24) is 29.4 Å². The van der Waals surface area contributed by atoms with Crippen molar-refractivity contribution < 1.29 is 12.8 Å². The van der Waals surface area contributed by atoms with Crippen LogP contribution in [0.15, 0.2) is 82.4 Å². The zero-order valence-corrected chi connectivity index (χ0v) is 20.1. The van der Waals surface area contributed by atoms with Gasteiger partial charge in [0.15, 0.2) is 26.9 Å².